The van der Waals surface area contributed by atoms with Crippen LogP contribution in [0.2, 0.25) is 0 Å². The largest absolute Gasteiger partial charge is 0.445 e. The standard InChI is InChI=1S/C20H24N6O2/c21-12-17(7-10-26-11-8-19(26)14-23)24-9-6-18(13-22)25-20(27)28-15-16-4-2-1-3-5-16/h1-5,17-19,24H,6-11,15H2,(H,25,27). The summed E-state index contributed by atoms with van der Waals surface area (Å²) < 4.78 is 5.11. The quantitative estimate of drug-likeness (QED) is 0.632. The van der Waals surface area contributed by atoms with Crippen LogP contribution in [-0.2, 0) is 11.3 Å². The summed E-state index contributed by atoms with van der Waals surface area (Å²) >= 11 is 0. The molecule has 28 heavy (non-hydrogen) atoms. The molecule has 1 aromatic carbocycles. The van der Waals surface area contributed by atoms with E-state index in [2.05, 4.69) is 27.7 Å². The van der Waals surface area contributed by atoms with Crippen LogP contribution in [0.5, 0.6) is 0 Å². The average molecular weight is 380 g/mol. The highest BCUT2D eigenvalue weighted by atomic mass is 16.5. The number of likely N-dealkylation sites (tertiary alicyclic amines) is 1. The van der Waals surface area contributed by atoms with Gasteiger partial charge < -0.3 is 15.4 Å². The van der Waals surface area contributed by atoms with Crippen molar-refractivity contribution in [3.05, 3.63) is 35.9 Å². The first kappa shape index (κ1) is 21.2. The Labute approximate surface area is 165 Å². The zero-order valence-corrected chi connectivity index (χ0v) is 15.7. The van der Waals surface area contributed by atoms with Crippen LogP contribution in [0.15, 0.2) is 30.3 Å². The van der Waals surface area contributed by atoms with E-state index in [1.807, 2.05) is 36.4 Å². The topological polar surface area (TPSA) is 125 Å². The number of amides is 1. The number of hydrogen-bond donors (Lipinski definition) is 2. The van der Waals surface area contributed by atoms with Crippen molar-refractivity contribution in [3.8, 4) is 18.2 Å². The van der Waals surface area contributed by atoms with E-state index in [0.29, 0.717) is 25.9 Å². The number of nitrogens with one attached hydrogen (secondary N) is 2. The van der Waals surface area contributed by atoms with E-state index in [4.69, 9.17) is 10.00 Å². The van der Waals surface area contributed by atoms with Gasteiger partial charge in [-0.3, -0.25) is 4.90 Å². The van der Waals surface area contributed by atoms with Gasteiger partial charge in [-0.2, -0.15) is 15.8 Å². The fourth-order valence-corrected chi connectivity index (χ4v) is 2.84. The average Bonchev–Trinajstić information content (AvgIpc) is 2.70. The molecule has 0 radical (unpaired) electrons. The van der Waals surface area contributed by atoms with Crippen LogP contribution >= 0.6 is 0 Å². The number of rotatable bonds is 10. The summed E-state index contributed by atoms with van der Waals surface area (Å²) in [6, 6.07) is 14.6. The number of hydrogen-bond acceptors (Lipinski definition) is 7. The van der Waals surface area contributed by atoms with E-state index < -0.39 is 12.1 Å². The SMILES string of the molecule is N#CC(CCN1CCC1C#N)NCCC(C#N)NC(=O)OCc1ccccc1. The van der Waals surface area contributed by atoms with Crippen LogP contribution in [0, 0.1) is 34.0 Å². The van der Waals surface area contributed by atoms with Crippen molar-refractivity contribution in [2.45, 2.75) is 44.0 Å². The second-order valence-electron chi connectivity index (χ2n) is 6.57. The Hall–Kier alpha value is -3.12. The number of alkyl carbamates (subject to hydrolysis) is 1. The zero-order valence-electron chi connectivity index (χ0n) is 15.7. The summed E-state index contributed by atoms with van der Waals surface area (Å²) in [5.74, 6) is 0. The summed E-state index contributed by atoms with van der Waals surface area (Å²) in [5, 5.41) is 33.0. The van der Waals surface area contributed by atoms with E-state index in [1.165, 1.54) is 0 Å². The number of benzene rings is 1. The third-order valence-electron chi connectivity index (χ3n) is 4.62. The highest BCUT2D eigenvalue weighted by Crippen LogP contribution is 2.16. The van der Waals surface area contributed by atoms with Crippen LogP contribution in [0.4, 0.5) is 4.79 Å². The molecule has 1 aliphatic heterocycles. The molecular weight excluding hydrogens is 356 g/mol. The van der Waals surface area contributed by atoms with Gasteiger partial charge in [0, 0.05) is 13.1 Å². The van der Waals surface area contributed by atoms with Gasteiger partial charge in [-0.05, 0) is 31.4 Å². The lowest BCUT2D eigenvalue weighted by atomic mass is 10.0. The van der Waals surface area contributed by atoms with Gasteiger partial charge >= 0.3 is 6.09 Å². The summed E-state index contributed by atoms with van der Waals surface area (Å²) in [6.07, 6.45) is 1.21. The van der Waals surface area contributed by atoms with Crippen LogP contribution in [0.1, 0.15) is 24.8 Å². The summed E-state index contributed by atoms with van der Waals surface area (Å²) in [7, 11) is 0. The molecule has 3 atom stereocenters. The Kier molecular flexibility index (Phi) is 8.75. The normalized spacial score (nSPS) is 17.8. The molecule has 2 N–H and O–H groups in total. The summed E-state index contributed by atoms with van der Waals surface area (Å²) in [4.78, 5) is 13.9. The minimum atomic E-state index is -0.700. The maximum absolute atomic E-state index is 11.8. The van der Waals surface area contributed by atoms with E-state index in [1.54, 1.807) is 0 Å². The molecule has 1 aliphatic rings. The molecule has 146 valence electrons. The number of carbonyl (C=O) groups excluding carboxylic acids is 1. The van der Waals surface area contributed by atoms with Gasteiger partial charge in [-0.1, -0.05) is 30.3 Å². The maximum atomic E-state index is 11.8. The molecule has 8 nitrogen and oxygen atoms in total. The molecule has 0 aliphatic carbocycles. The second-order valence-corrected chi connectivity index (χ2v) is 6.57. The third-order valence-corrected chi connectivity index (χ3v) is 4.62. The van der Waals surface area contributed by atoms with E-state index in [0.717, 1.165) is 18.5 Å². The highest BCUT2D eigenvalue weighted by Gasteiger charge is 2.27. The van der Waals surface area contributed by atoms with Crippen molar-refractivity contribution in [3.63, 3.8) is 0 Å². The lowest BCUT2D eigenvalue weighted by molar-refractivity contribution is 0.126. The van der Waals surface area contributed by atoms with Gasteiger partial charge in [0.25, 0.3) is 0 Å². The predicted molar refractivity (Wildman–Crippen MR) is 101 cm³/mol. The van der Waals surface area contributed by atoms with Crippen molar-refractivity contribution >= 4 is 6.09 Å². The van der Waals surface area contributed by atoms with Gasteiger partial charge in [0.2, 0.25) is 0 Å². The number of nitriles is 3. The zero-order chi connectivity index (χ0) is 20.2. The molecule has 1 saturated heterocycles. The number of ether oxygens (including phenoxy) is 1. The van der Waals surface area contributed by atoms with Crippen molar-refractivity contribution in [1.82, 2.24) is 15.5 Å². The van der Waals surface area contributed by atoms with Gasteiger partial charge in [0.05, 0.1) is 30.3 Å². The molecule has 0 saturated carbocycles. The van der Waals surface area contributed by atoms with E-state index in [9.17, 15) is 15.3 Å². The summed E-state index contributed by atoms with van der Waals surface area (Å²) in [5.41, 5.74) is 0.866. The minimum Gasteiger partial charge on any atom is -0.445 e. The van der Waals surface area contributed by atoms with E-state index in [-0.39, 0.29) is 18.7 Å². The third kappa shape index (κ3) is 6.89. The van der Waals surface area contributed by atoms with Crippen molar-refractivity contribution in [2.75, 3.05) is 19.6 Å². The van der Waals surface area contributed by atoms with Crippen molar-refractivity contribution in [1.29, 1.82) is 15.8 Å². The molecule has 1 fully saturated rings. The second kappa shape index (κ2) is 11.6. The lowest BCUT2D eigenvalue weighted by Crippen LogP contribution is -2.48. The Balaban J connectivity index is 1.63. The Morgan fingerprint density at radius 3 is 2.54 bits per heavy atom. The number of carbonyl (C=O) groups is 1. The first-order chi connectivity index (χ1) is 13.7. The van der Waals surface area contributed by atoms with Gasteiger partial charge in [-0.25, -0.2) is 4.79 Å². The van der Waals surface area contributed by atoms with Gasteiger partial charge in [0.15, 0.2) is 0 Å². The molecular formula is C20H24N6O2. The molecule has 0 aromatic heterocycles. The Morgan fingerprint density at radius 2 is 1.93 bits per heavy atom. The lowest BCUT2D eigenvalue weighted by Gasteiger charge is -2.36. The van der Waals surface area contributed by atoms with Gasteiger partial charge in [0.1, 0.15) is 12.6 Å². The van der Waals surface area contributed by atoms with Gasteiger partial charge in [-0.15, -0.1) is 0 Å². The van der Waals surface area contributed by atoms with Crippen molar-refractivity contribution < 1.29 is 9.53 Å². The molecule has 1 aromatic rings. The molecule has 1 heterocycles. The fourth-order valence-electron chi connectivity index (χ4n) is 2.84. The molecule has 8 heteroatoms. The Morgan fingerprint density at radius 1 is 1.18 bits per heavy atom. The highest BCUT2D eigenvalue weighted by molar-refractivity contribution is 5.68. The van der Waals surface area contributed by atoms with E-state index >= 15 is 0 Å². The number of nitrogens with zero attached hydrogens (tertiary/aromatic N) is 4. The Bertz CT molecular complexity index is 749. The van der Waals surface area contributed by atoms with Crippen LogP contribution in [-0.4, -0.2) is 48.8 Å². The molecule has 3 unspecified atom stereocenters. The van der Waals surface area contributed by atoms with Crippen LogP contribution < -0.4 is 10.6 Å². The van der Waals surface area contributed by atoms with Crippen molar-refractivity contribution in [2.24, 2.45) is 0 Å². The fraction of sp³-hybridized carbons (Fsp3) is 0.500. The van der Waals surface area contributed by atoms with Crippen LogP contribution in [0.3, 0.4) is 0 Å². The van der Waals surface area contributed by atoms with Crippen LogP contribution in [0.25, 0.3) is 0 Å². The first-order valence-electron chi connectivity index (χ1n) is 9.29. The molecule has 1 amide bonds. The summed E-state index contributed by atoms with van der Waals surface area (Å²) in [6.45, 7) is 2.13. The predicted octanol–water partition coefficient (Wildman–Crippen LogP) is 1.66. The molecule has 0 bridgehead atoms. The first-order valence-corrected chi connectivity index (χ1v) is 9.29. The maximum Gasteiger partial charge on any atom is 0.408 e. The monoisotopic (exact) mass is 380 g/mol. The molecule has 2 rings (SSSR count). The molecule has 0 spiro atoms. The smallest absolute Gasteiger partial charge is 0.408 e. The minimum absolute atomic E-state index is 0.0339.